The highest BCUT2D eigenvalue weighted by molar-refractivity contribution is 7.99. The molecule has 9 heteroatoms. The van der Waals surface area contributed by atoms with Gasteiger partial charge in [0.25, 0.3) is 0 Å². The van der Waals surface area contributed by atoms with Gasteiger partial charge in [-0.15, -0.1) is 10.2 Å². The molecule has 4 aromatic rings. The topological polar surface area (TPSA) is 78.3 Å². The summed E-state index contributed by atoms with van der Waals surface area (Å²) < 4.78 is 26.9. The summed E-state index contributed by atoms with van der Waals surface area (Å²) in [7, 11) is 3.08. The van der Waals surface area contributed by atoms with Crippen LogP contribution in [0.5, 0.6) is 11.5 Å². The number of halogens is 1. The van der Waals surface area contributed by atoms with Crippen LogP contribution in [-0.2, 0) is 11.3 Å². The van der Waals surface area contributed by atoms with Crippen LogP contribution in [0, 0.1) is 5.82 Å². The predicted octanol–water partition coefficient (Wildman–Crippen LogP) is 4.88. The van der Waals surface area contributed by atoms with E-state index in [2.05, 4.69) is 15.5 Å². The van der Waals surface area contributed by atoms with Gasteiger partial charge < -0.3 is 14.8 Å². The van der Waals surface area contributed by atoms with Crippen LogP contribution >= 0.6 is 11.8 Å². The fourth-order valence-corrected chi connectivity index (χ4v) is 4.11. The van der Waals surface area contributed by atoms with Gasteiger partial charge in [-0.2, -0.15) is 0 Å². The third kappa shape index (κ3) is 5.37. The Hall–Kier alpha value is -3.85. The van der Waals surface area contributed by atoms with Crippen LogP contribution in [0.25, 0.3) is 11.4 Å². The number of benzene rings is 3. The number of carbonyl (C=O) groups is 1. The molecule has 0 saturated heterocycles. The Morgan fingerprint density at radius 3 is 2.50 bits per heavy atom. The lowest BCUT2D eigenvalue weighted by Crippen LogP contribution is -2.15. The van der Waals surface area contributed by atoms with Gasteiger partial charge in [-0.1, -0.05) is 54.2 Å². The second kappa shape index (κ2) is 10.8. The van der Waals surface area contributed by atoms with Gasteiger partial charge in [0.05, 0.1) is 37.8 Å². The Balaban J connectivity index is 1.56. The molecular weight excluding hydrogens is 455 g/mol. The lowest BCUT2D eigenvalue weighted by Gasteiger charge is -2.12. The van der Waals surface area contributed by atoms with E-state index in [4.69, 9.17) is 9.47 Å². The molecule has 4 rings (SSSR count). The van der Waals surface area contributed by atoms with Crippen LogP contribution in [0.1, 0.15) is 5.56 Å². The molecular formula is C25H23FN4O3S. The van der Waals surface area contributed by atoms with Crippen molar-refractivity contribution >= 4 is 23.4 Å². The minimum absolute atomic E-state index is 0.0740. The molecule has 0 radical (unpaired) electrons. The van der Waals surface area contributed by atoms with Crippen molar-refractivity contribution in [2.75, 3.05) is 25.3 Å². The summed E-state index contributed by atoms with van der Waals surface area (Å²) >= 11 is 1.22. The van der Waals surface area contributed by atoms with Crippen molar-refractivity contribution < 1.29 is 18.7 Å². The van der Waals surface area contributed by atoms with Gasteiger partial charge in [0.15, 0.2) is 11.0 Å². The van der Waals surface area contributed by atoms with Crippen LogP contribution in [0.2, 0.25) is 0 Å². The molecule has 0 fully saturated rings. The molecule has 0 saturated carbocycles. The van der Waals surface area contributed by atoms with Crippen LogP contribution in [0.15, 0.2) is 78.0 Å². The highest BCUT2D eigenvalue weighted by Crippen LogP contribution is 2.30. The molecule has 7 nitrogen and oxygen atoms in total. The van der Waals surface area contributed by atoms with Crippen molar-refractivity contribution in [3.05, 3.63) is 84.2 Å². The van der Waals surface area contributed by atoms with E-state index in [0.717, 1.165) is 5.56 Å². The van der Waals surface area contributed by atoms with Gasteiger partial charge in [0.1, 0.15) is 17.3 Å². The zero-order valence-corrected chi connectivity index (χ0v) is 19.5. The van der Waals surface area contributed by atoms with E-state index < -0.39 is 0 Å². The van der Waals surface area contributed by atoms with Crippen molar-refractivity contribution in [1.29, 1.82) is 0 Å². The molecule has 1 amide bonds. The van der Waals surface area contributed by atoms with E-state index in [1.54, 1.807) is 43.5 Å². The Bertz CT molecular complexity index is 1280. The molecule has 1 heterocycles. The maximum Gasteiger partial charge on any atom is 0.234 e. The summed E-state index contributed by atoms with van der Waals surface area (Å²) in [6.45, 7) is 0.436. The summed E-state index contributed by atoms with van der Waals surface area (Å²) in [5.41, 5.74) is 1.86. The van der Waals surface area contributed by atoms with Gasteiger partial charge >= 0.3 is 0 Å². The van der Waals surface area contributed by atoms with Gasteiger partial charge in [-0.05, 0) is 29.8 Å². The normalized spacial score (nSPS) is 10.7. The first-order valence-electron chi connectivity index (χ1n) is 10.5. The number of nitrogens with zero attached hydrogens (tertiary/aromatic N) is 3. The van der Waals surface area contributed by atoms with Gasteiger partial charge in [-0.25, -0.2) is 4.39 Å². The maximum atomic E-state index is 14.5. The van der Waals surface area contributed by atoms with Gasteiger partial charge in [-0.3, -0.25) is 9.36 Å². The molecule has 3 aromatic carbocycles. The van der Waals surface area contributed by atoms with E-state index in [9.17, 15) is 9.18 Å². The van der Waals surface area contributed by atoms with E-state index in [1.807, 2.05) is 34.9 Å². The molecule has 34 heavy (non-hydrogen) atoms. The first-order chi connectivity index (χ1) is 16.6. The second-order valence-electron chi connectivity index (χ2n) is 7.26. The number of hydrogen-bond acceptors (Lipinski definition) is 6. The number of methoxy groups -OCH3 is 2. The number of carbonyl (C=O) groups excluding carboxylic acids is 1. The van der Waals surface area contributed by atoms with Gasteiger partial charge in [0.2, 0.25) is 5.91 Å². The van der Waals surface area contributed by atoms with Crippen LogP contribution in [0.3, 0.4) is 0 Å². The zero-order valence-electron chi connectivity index (χ0n) is 18.7. The Labute approximate surface area is 200 Å². The average Bonchev–Trinajstić information content (AvgIpc) is 3.25. The summed E-state index contributed by atoms with van der Waals surface area (Å²) in [6, 6.07) is 21.3. The fourth-order valence-electron chi connectivity index (χ4n) is 3.37. The molecule has 0 unspecified atom stereocenters. The third-order valence-electron chi connectivity index (χ3n) is 5.03. The zero-order chi connectivity index (χ0) is 23.9. The molecule has 0 aliphatic carbocycles. The van der Waals surface area contributed by atoms with Gasteiger partial charge in [0, 0.05) is 6.07 Å². The number of aromatic nitrogens is 3. The summed E-state index contributed by atoms with van der Waals surface area (Å²) in [6.07, 6.45) is 0. The lowest BCUT2D eigenvalue weighted by molar-refractivity contribution is -0.113. The molecule has 0 spiro atoms. The van der Waals surface area contributed by atoms with E-state index in [1.165, 1.54) is 24.9 Å². The molecule has 1 N–H and O–H groups in total. The molecule has 0 aliphatic heterocycles. The highest BCUT2D eigenvalue weighted by atomic mass is 32.2. The molecule has 0 bridgehead atoms. The van der Waals surface area contributed by atoms with Crippen LogP contribution in [-0.4, -0.2) is 40.6 Å². The van der Waals surface area contributed by atoms with E-state index >= 15 is 0 Å². The number of amides is 1. The fraction of sp³-hybridized carbons (Fsp3) is 0.160. The van der Waals surface area contributed by atoms with E-state index in [0.29, 0.717) is 40.3 Å². The van der Waals surface area contributed by atoms with Crippen molar-refractivity contribution in [3.8, 4) is 22.9 Å². The largest absolute Gasteiger partial charge is 0.497 e. The molecule has 1 aromatic heterocycles. The monoisotopic (exact) mass is 478 g/mol. The number of thioether (sulfide) groups is 1. The summed E-state index contributed by atoms with van der Waals surface area (Å²) in [4.78, 5) is 12.7. The first kappa shape index (κ1) is 23.3. The second-order valence-corrected chi connectivity index (χ2v) is 8.20. The average molecular weight is 479 g/mol. The molecule has 0 atom stereocenters. The quantitative estimate of drug-likeness (QED) is 0.346. The Morgan fingerprint density at radius 1 is 1.00 bits per heavy atom. The van der Waals surface area contributed by atoms with E-state index in [-0.39, 0.29) is 17.5 Å². The maximum absolute atomic E-state index is 14.5. The Kier molecular flexibility index (Phi) is 7.44. The van der Waals surface area contributed by atoms with Crippen LogP contribution < -0.4 is 14.8 Å². The number of rotatable bonds is 9. The van der Waals surface area contributed by atoms with Crippen molar-refractivity contribution in [2.24, 2.45) is 0 Å². The minimum Gasteiger partial charge on any atom is -0.497 e. The summed E-state index contributed by atoms with van der Waals surface area (Å²) in [5.74, 6) is 0.959. The smallest absolute Gasteiger partial charge is 0.234 e. The SMILES string of the molecule is COc1ccc(OC)c(NC(=O)CSc2nnc(-c3ccccc3F)n2Cc2ccccc2)c1. The standard InChI is InChI=1S/C25H23FN4O3S/c1-32-18-12-13-22(33-2)21(14-18)27-23(31)16-34-25-29-28-24(19-10-6-7-11-20(19)26)30(25)15-17-8-4-3-5-9-17/h3-14H,15-16H2,1-2H3,(H,27,31). The number of nitrogens with one attached hydrogen (secondary N) is 1. The Morgan fingerprint density at radius 2 is 1.76 bits per heavy atom. The number of anilines is 1. The third-order valence-corrected chi connectivity index (χ3v) is 5.99. The minimum atomic E-state index is -0.386. The highest BCUT2D eigenvalue weighted by Gasteiger charge is 2.19. The van der Waals surface area contributed by atoms with Crippen molar-refractivity contribution in [1.82, 2.24) is 14.8 Å². The molecule has 0 aliphatic rings. The predicted molar refractivity (Wildman–Crippen MR) is 130 cm³/mol. The van der Waals surface area contributed by atoms with Crippen molar-refractivity contribution in [3.63, 3.8) is 0 Å². The number of ether oxygens (including phenoxy) is 2. The lowest BCUT2D eigenvalue weighted by atomic mass is 10.2. The summed E-state index contributed by atoms with van der Waals surface area (Å²) in [5, 5.41) is 11.8. The molecule has 174 valence electrons. The van der Waals surface area contributed by atoms with Crippen LogP contribution in [0.4, 0.5) is 10.1 Å². The number of hydrogen-bond donors (Lipinski definition) is 1. The van der Waals surface area contributed by atoms with Crippen molar-refractivity contribution in [2.45, 2.75) is 11.7 Å². The first-order valence-corrected chi connectivity index (χ1v) is 11.4.